The molecule has 21 heavy (non-hydrogen) atoms. The largest absolute Gasteiger partial charge is 0.490 e. The van der Waals surface area contributed by atoms with Crippen molar-refractivity contribution in [1.82, 2.24) is 10.2 Å². The molecule has 6 nitrogen and oxygen atoms in total. The number of halogens is 3. The van der Waals surface area contributed by atoms with Crippen LogP contribution >= 0.6 is 33.9 Å². The summed E-state index contributed by atoms with van der Waals surface area (Å²) in [5.74, 6) is 0.227. The van der Waals surface area contributed by atoms with E-state index < -0.39 is 9.05 Å². The highest BCUT2D eigenvalue weighted by Crippen LogP contribution is 2.37. The molecule has 0 bridgehead atoms. The molecule has 1 heterocycles. The second-order valence-corrected chi connectivity index (χ2v) is 7.49. The number of rotatable bonds is 5. The average molecular weight is 374 g/mol. The van der Waals surface area contributed by atoms with Crippen molar-refractivity contribution in [3.63, 3.8) is 0 Å². The van der Waals surface area contributed by atoms with Gasteiger partial charge in [-0.2, -0.15) is 0 Å². The van der Waals surface area contributed by atoms with Crippen molar-refractivity contribution in [3.05, 3.63) is 22.2 Å². The molecule has 0 radical (unpaired) electrons. The Morgan fingerprint density at radius 3 is 2.57 bits per heavy atom. The van der Waals surface area contributed by atoms with Crippen LogP contribution in [0.2, 0.25) is 10.0 Å². The molecule has 10 heteroatoms. The number of nitrogens with zero attached hydrogens (tertiary/aromatic N) is 1. The van der Waals surface area contributed by atoms with Crippen molar-refractivity contribution in [1.29, 1.82) is 0 Å². The van der Waals surface area contributed by atoms with Gasteiger partial charge in [-0.3, -0.25) is 0 Å². The maximum absolute atomic E-state index is 11.3. The molecule has 0 spiro atoms. The van der Waals surface area contributed by atoms with Gasteiger partial charge in [0.15, 0.2) is 0 Å². The van der Waals surface area contributed by atoms with Crippen LogP contribution in [0.4, 0.5) is 4.79 Å². The number of amides is 2. The van der Waals surface area contributed by atoms with Gasteiger partial charge in [-0.15, -0.1) is 0 Å². The molecule has 1 N–H and O–H groups in total. The van der Waals surface area contributed by atoms with Gasteiger partial charge in [-0.25, -0.2) is 13.2 Å². The molecule has 2 amide bonds. The molecule has 0 aliphatic carbocycles. The Balaban J connectivity index is 2.04. The minimum Gasteiger partial charge on any atom is -0.490 e. The van der Waals surface area contributed by atoms with E-state index >= 15 is 0 Å². The lowest BCUT2D eigenvalue weighted by Crippen LogP contribution is -2.31. The van der Waals surface area contributed by atoms with Crippen molar-refractivity contribution in [2.45, 2.75) is 4.90 Å². The molecule has 2 rings (SSSR count). The van der Waals surface area contributed by atoms with Gasteiger partial charge >= 0.3 is 6.03 Å². The van der Waals surface area contributed by atoms with Crippen molar-refractivity contribution < 1.29 is 17.9 Å². The van der Waals surface area contributed by atoms with Gasteiger partial charge in [0.2, 0.25) is 0 Å². The summed E-state index contributed by atoms with van der Waals surface area (Å²) in [6.07, 6.45) is 0. The van der Waals surface area contributed by atoms with E-state index in [0.29, 0.717) is 19.6 Å². The van der Waals surface area contributed by atoms with E-state index in [4.69, 9.17) is 38.6 Å². The molecule has 116 valence electrons. The van der Waals surface area contributed by atoms with E-state index in [-0.39, 0.29) is 33.3 Å². The molecule has 1 aliphatic heterocycles. The average Bonchev–Trinajstić information content (AvgIpc) is 2.79. The Morgan fingerprint density at radius 1 is 1.29 bits per heavy atom. The summed E-state index contributed by atoms with van der Waals surface area (Å²) in [5, 5.41) is 2.44. The fraction of sp³-hybridized carbons (Fsp3) is 0.364. The first kappa shape index (κ1) is 16.5. The first-order valence-corrected chi connectivity index (χ1v) is 8.95. The summed E-state index contributed by atoms with van der Waals surface area (Å²) < 4.78 is 28.0. The maximum atomic E-state index is 11.3. The van der Waals surface area contributed by atoms with Crippen LogP contribution in [0.5, 0.6) is 5.75 Å². The number of nitrogens with one attached hydrogen (secondary N) is 1. The predicted octanol–water partition coefficient (Wildman–Crippen LogP) is 2.32. The van der Waals surface area contributed by atoms with E-state index in [0.717, 1.165) is 0 Å². The summed E-state index contributed by atoms with van der Waals surface area (Å²) in [5.41, 5.74) is 0. The highest BCUT2D eigenvalue weighted by atomic mass is 35.7. The van der Waals surface area contributed by atoms with E-state index in [1.807, 2.05) is 0 Å². The second kappa shape index (κ2) is 6.48. The van der Waals surface area contributed by atoms with Crippen LogP contribution in [-0.2, 0) is 9.05 Å². The van der Waals surface area contributed by atoms with Gasteiger partial charge < -0.3 is 15.0 Å². The summed E-state index contributed by atoms with van der Waals surface area (Å²) >= 11 is 11.8. The highest BCUT2D eigenvalue weighted by molar-refractivity contribution is 8.13. The number of benzene rings is 1. The van der Waals surface area contributed by atoms with E-state index in [9.17, 15) is 13.2 Å². The maximum Gasteiger partial charge on any atom is 0.317 e. The van der Waals surface area contributed by atoms with E-state index in [1.54, 1.807) is 4.90 Å². The Kier molecular flexibility index (Phi) is 5.08. The third kappa shape index (κ3) is 3.85. The summed E-state index contributed by atoms with van der Waals surface area (Å²) in [4.78, 5) is 12.6. The number of urea groups is 1. The van der Waals surface area contributed by atoms with Crippen LogP contribution in [0.3, 0.4) is 0 Å². The molecule has 0 aromatic heterocycles. The summed E-state index contributed by atoms with van der Waals surface area (Å²) in [7, 11) is 1.26. The van der Waals surface area contributed by atoms with Gasteiger partial charge in [-0.1, -0.05) is 23.2 Å². The lowest BCUT2D eigenvalue weighted by atomic mass is 10.3. The monoisotopic (exact) mass is 372 g/mol. The normalized spacial score (nSPS) is 15.2. The van der Waals surface area contributed by atoms with Crippen LogP contribution < -0.4 is 10.1 Å². The Hall–Kier alpha value is -0.890. The fourth-order valence-corrected chi connectivity index (χ4v) is 3.59. The molecule has 1 fully saturated rings. The standard InChI is InChI=1S/C11H11Cl3N2O4S/c12-9-7(1-2-8(10(9)13)21(14,18)19)20-6-5-16-4-3-15-11(16)17/h1-2H,3-6H2,(H,15,17). The minimum atomic E-state index is -3.97. The first-order chi connectivity index (χ1) is 9.80. The molecule has 1 aliphatic rings. The van der Waals surface area contributed by atoms with Crippen LogP contribution in [0.25, 0.3) is 0 Å². The number of hydrogen-bond acceptors (Lipinski definition) is 4. The number of carbonyl (C=O) groups is 1. The minimum absolute atomic E-state index is 0.0377. The molecular formula is C11H11Cl3N2O4S. The molecule has 1 saturated heterocycles. The van der Waals surface area contributed by atoms with Crippen LogP contribution in [0.1, 0.15) is 0 Å². The Morgan fingerprint density at radius 2 is 2.00 bits per heavy atom. The van der Waals surface area contributed by atoms with Gasteiger partial charge in [-0.05, 0) is 12.1 Å². The van der Waals surface area contributed by atoms with Crippen molar-refractivity contribution in [2.24, 2.45) is 0 Å². The Labute approximate surface area is 136 Å². The van der Waals surface area contributed by atoms with Gasteiger partial charge in [0.05, 0.1) is 11.6 Å². The topological polar surface area (TPSA) is 75.7 Å². The van der Waals surface area contributed by atoms with Crippen LogP contribution in [-0.4, -0.2) is 45.6 Å². The molecular weight excluding hydrogens is 363 g/mol. The van der Waals surface area contributed by atoms with E-state index in [2.05, 4.69) is 5.32 Å². The summed E-state index contributed by atoms with van der Waals surface area (Å²) in [6, 6.07) is 2.44. The number of hydrogen-bond donors (Lipinski definition) is 1. The molecule has 1 aromatic carbocycles. The Bertz CT molecular complexity index is 666. The van der Waals surface area contributed by atoms with Crippen molar-refractivity contribution >= 4 is 49.0 Å². The van der Waals surface area contributed by atoms with Gasteiger partial charge in [0, 0.05) is 23.8 Å². The second-order valence-electron chi connectivity index (χ2n) is 4.20. The fourth-order valence-electron chi connectivity index (χ4n) is 1.80. The van der Waals surface area contributed by atoms with Crippen LogP contribution in [0.15, 0.2) is 17.0 Å². The first-order valence-electron chi connectivity index (χ1n) is 5.89. The van der Waals surface area contributed by atoms with Gasteiger partial charge in [0.1, 0.15) is 22.3 Å². The smallest absolute Gasteiger partial charge is 0.317 e. The van der Waals surface area contributed by atoms with Crippen molar-refractivity contribution in [2.75, 3.05) is 26.2 Å². The summed E-state index contributed by atoms with van der Waals surface area (Å²) in [6.45, 7) is 1.81. The number of carbonyl (C=O) groups excluding carboxylic acids is 1. The predicted molar refractivity (Wildman–Crippen MR) is 80.0 cm³/mol. The SMILES string of the molecule is O=C1NCCN1CCOc1ccc(S(=O)(=O)Cl)c(Cl)c1Cl. The van der Waals surface area contributed by atoms with E-state index in [1.165, 1.54) is 12.1 Å². The highest BCUT2D eigenvalue weighted by Gasteiger charge is 2.21. The third-order valence-electron chi connectivity index (χ3n) is 2.84. The molecule has 0 saturated carbocycles. The van der Waals surface area contributed by atoms with Crippen LogP contribution in [0, 0.1) is 0 Å². The zero-order chi connectivity index (χ0) is 15.6. The molecule has 1 aromatic rings. The third-order valence-corrected chi connectivity index (χ3v) is 5.18. The zero-order valence-electron chi connectivity index (χ0n) is 10.6. The lowest BCUT2D eigenvalue weighted by molar-refractivity contribution is 0.202. The lowest BCUT2D eigenvalue weighted by Gasteiger charge is -2.15. The molecule has 0 atom stereocenters. The molecule has 0 unspecified atom stereocenters. The van der Waals surface area contributed by atoms with Gasteiger partial charge in [0.25, 0.3) is 9.05 Å². The zero-order valence-corrected chi connectivity index (χ0v) is 13.7. The van der Waals surface area contributed by atoms with Crippen molar-refractivity contribution in [3.8, 4) is 5.75 Å². The quantitative estimate of drug-likeness (QED) is 0.804. The number of ether oxygens (including phenoxy) is 1.